The lowest BCUT2D eigenvalue weighted by atomic mass is 10.0. The molecule has 0 bridgehead atoms. The maximum absolute atomic E-state index is 6.27. The molecule has 6 rings (SSSR count). The van der Waals surface area contributed by atoms with Gasteiger partial charge in [0, 0.05) is 30.1 Å². The Morgan fingerprint density at radius 1 is 0.970 bits per heavy atom. The number of hydrogen-bond acceptors (Lipinski definition) is 6. The molecule has 0 saturated heterocycles. The van der Waals surface area contributed by atoms with Gasteiger partial charge in [0.1, 0.15) is 16.9 Å². The average molecular weight is 438 g/mol. The molecule has 1 aliphatic carbocycles. The first kappa shape index (κ1) is 20.0. The monoisotopic (exact) mass is 437 g/mol. The van der Waals surface area contributed by atoms with Crippen LogP contribution < -0.4 is 16.4 Å². The van der Waals surface area contributed by atoms with E-state index in [9.17, 15) is 0 Å². The van der Waals surface area contributed by atoms with Crippen LogP contribution in [0.25, 0.3) is 44.1 Å². The molecule has 0 amide bonds. The number of fused-ring (bicyclic) bond motifs is 4. The second kappa shape index (κ2) is 8.37. The normalized spacial score (nSPS) is 13.7. The molecule has 0 spiro atoms. The number of furan rings is 1. The van der Waals surface area contributed by atoms with Gasteiger partial charge in [0.2, 0.25) is 0 Å². The molecule has 6 nitrogen and oxygen atoms in total. The molecule has 3 heterocycles. The van der Waals surface area contributed by atoms with Gasteiger partial charge in [-0.3, -0.25) is 0 Å². The molecule has 3 aromatic heterocycles. The third kappa shape index (κ3) is 3.87. The Labute approximate surface area is 192 Å². The minimum absolute atomic E-state index is 0.637. The van der Waals surface area contributed by atoms with Gasteiger partial charge in [0.25, 0.3) is 0 Å². The summed E-state index contributed by atoms with van der Waals surface area (Å²) in [6.07, 6.45) is 5.39. The van der Waals surface area contributed by atoms with E-state index in [-0.39, 0.29) is 0 Å². The molecular weight excluding hydrogens is 410 g/mol. The van der Waals surface area contributed by atoms with Crippen LogP contribution in [0.3, 0.4) is 0 Å². The fourth-order valence-electron chi connectivity index (χ4n) is 4.34. The van der Waals surface area contributed by atoms with Crippen molar-refractivity contribution in [2.45, 2.75) is 19.3 Å². The van der Waals surface area contributed by atoms with Crippen molar-refractivity contribution in [1.82, 2.24) is 9.97 Å². The van der Waals surface area contributed by atoms with E-state index >= 15 is 0 Å². The first-order valence-electron chi connectivity index (χ1n) is 11.7. The summed E-state index contributed by atoms with van der Waals surface area (Å²) in [7, 11) is 0. The Kier molecular flexibility index (Phi) is 5.07. The van der Waals surface area contributed by atoms with Gasteiger partial charge in [-0.2, -0.15) is 0 Å². The van der Waals surface area contributed by atoms with Crippen LogP contribution in [-0.2, 0) is 0 Å². The smallest absolute Gasteiger partial charge is 0.177 e. The number of rotatable bonds is 8. The minimum Gasteiger partial charge on any atom is -0.452 e. The van der Waals surface area contributed by atoms with Crippen LogP contribution >= 0.6 is 0 Å². The van der Waals surface area contributed by atoms with Gasteiger partial charge >= 0.3 is 0 Å². The lowest BCUT2D eigenvalue weighted by molar-refractivity contribution is 0.669. The molecule has 0 aliphatic heterocycles. The molecule has 166 valence electrons. The molecule has 0 atom stereocenters. The molecular formula is C27H27N5O. The number of benzene rings is 2. The van der Waals surface area contributed by atoms with Crippen molar-refractivity contribution in [3.05, 3.63) is 60.8 Å². The summed E-state index contributed by atoms with van der Waals surface area (Å²) in [5, 5.41) is 9.13. The molecule has 1 aliphatic rings. The SMILES string of the molecule is NCCCNc1c2cc(-c3ccnc(NCC4CC4)c3)ccc2nc2c1oc1ccccc12. The second-order valence-electron chi connectivity index (χ2n) is 8.82. The Morgan fingerprint density at radius 3 is 2.73 bits per heavy atom. The predicted molar refractivity (Wildman–Crippen MR) is 136 cm³/mol. The molecule has 4 N–H and O–H groups in total. The Bertz CT molecular complexity index is 1450. The minimum atomic E-state index is 0.637. The van der Waals surface area contributed by atoms with Crippen molar-refractivity contribution in [2.24, 2.45) is 11.7 Å². The third-order valence-electron chi connectivity index (χ3n) is 6.34. The molecule has 2 aromatic carbocycles. The fourth-order valence-corrected chi connectivity index (χ4v) is 4.34. The van der Waals surface area contributed by atoms with Crippen molar-refractivity contribution >= 4 is 44.5 Å². The summed E-state index contributed by atoms with van der Waals surface area (Å²) in [4.78, 5) is 9.48. The zero-order valence-corrected chi connectivity index (χ0v) is 18.5. The Hall–Kier alpha value is -3.64. The highest BCUT2D eigenvalue weighted by molar-refractivity contribution is 6.14. The third-order valence-corrected chi connectivity index (χ3v) is 6.34. The number of aromatic nitrogens is 2. The predicted octanol–water partition coefficient (Wildman–Crippen LogP) is 5.78. The number of nitrogens with zero attached hydrogens (tertiary/aromatic N) is 2. The first-order valence-corrected chi connectivity index (χ1v) is 11.7. The fraction of sp³-hybridized carbons (Fsp3) is 0.259. The summed E-state index contributed by atoms with van der Waals surface area (Å²) in [5.41, 5.74) is 12.4. The van der Waals surface area contributed by atoms with Crippen molar-refractivity contribution in [3.63, 3.8) is 0 Å². The van der Waals surface area contributed by atoms with Crippen molar-refractivity contribution in [2.75, 3.05) is 30.3 Å². The number of nitrogens with one attached hydrogen (secondary N) is 2. The van der Waals surface area contributed by atoms with Gasteiger partial charge in [0.05, 0.1) is 11.2 Å². The zero-order chi connectivity index (χ0) is 22.2. The molecule has 6 heteroatoms. The van der Waals surface area contributed by atoms with E-state index in [2.05, 4.69) is 52.0 Å². The lowest BCUT2D eigenvalue weighted by Crippen LogP contribution is -2.09. The highest BCUT2D eigenvalue weighted by Gasteiger charge is 2.21. The van der Waals surface area contributed by atoms with E-state index in [1.165, 1.54) is 12.8 Å². The highest BCUT2D eigenvalue weighted by Crippen LogP contribution is 2.38. The van der Waals surface area contributed by atoms with Crippen LogP contribution in [0, 0.1) is 5.92 Å². The van der Waals surface area contributed by atoms with E-state index in [1.807, 2.05) is 24.4 Å². The summed E-state index contributed by atoms with van der Waals surface area (Å²) < 4.78 is 6.27. The summed E-state index contributed by atoms with van der Waals surface area (Å²) in [6.45, 7) is 2.41. The quantitative estimate of drug-likeness (QED) is 0.267. The van der Waals surface area contributed by atoms with Crippen molar-refractivity contribution in [1.29, 1.82) is 0 Å². The standard InChI is InChI=1S/C27H27N5O/c28-11-3-12-30-25-21-14-18(19-10-13-29-24(15-19)31-16-17-6-7-17)8-9-22(21)32-26-20-4-1-2-5-23(20)33-27(25)26/h1-2,4-5,8-10,13-15,17H,3,6-7,11-12,16,28H2,(H,29,31)(H,30,32). The molecule has 33 heavy (non-hydrogen) atoms. The Morgan fingerprint density at radius 2 is 1.85 bits per heavy atom. The van der Waals surface area contributed by atoms with Gasteiger partial charge in [0.15, 0.2) is 5.58 Å². The van der Waals surface area contributed by atoms with Crippen LogP contribution in [0.4, 0.5) is 11.5 Å². The van der Waals surface area contributed by atoms with E-state index in [1.54, 1.807) is 0 Å². The van der Waals surface area contributed by atoms with E-state index in [0.717, 1.165) is 81.0 Å². The number of para-hydroxylation sites is 1. The van der Waals surface area contributed by atoms with Crippen molar-refractivity contribution in [3.8, 4) is 11.1 Å². The lowest BCUT2D eigenvalue weighted by Gasteiger charge is -2.12. The van der Waals surface area contributed by atoms with Gasteiger partial charge in [-0.25, -0.2) is 9.97 Å². The summed E-state index contributed by atoms with van der Waals surface area (Å²) >= 11 is 0. The topological polar surface area (TPSA) is 89.0 Å². The van der Waals surface area contributed by atoms with Gasteiger partial charge in [-0.15, -0.1) is 0 Å². The summed E-state index contributed by atoms with van der Waals surface area (Å²) in [5.74, 6) is 1.72. The summed E-state index contributed by atoms with van der Waals surface area (Å²) in [6, 6.07) is 18.7. The maximum atomic E-state index is 6.27. The van der Waals surface area contributed by atoms with Gasteiger partial charge < -0.3 is 20.8 Å². The average Bonchev–Trinajstić information content (AvgIpc) is 3.62. The number of pyridine rings is 2. The van der Waals surface area contributed by atoms with E-state index < -0.39 is 0 Å². The largest absolute Gasteiger partial charge is 0.452 e. The number of hydrogen-bond donors (Lipinski definition) is 3. The van der Waals surface area contributed by atoms with Gasteiger partial charge in [-0.1, -0.05) is 18.2 Å². The van der Waals surface area contributed by atoms with Crippen LogP contribution in [0.5, 0.6) is 0 Å². The van der Waals surface area contributed by atoms with Crippen LogP contribution in [0.2, 0.25) is 0 Å². The Balaban J connectivity index is 1.47. The molecule has 5 aromatic rings. The van der Waals surface area contributed by atoms with E-state index in [4.69, 9.17) is 15.1 Å². The van der Waals surface area contributed by atoms with Crippen LogP contribution in [0.1, 0.15) is 19.3 Å². The van der Waals surface area contributed by atoms with E-state index in [0.29, 0.717) is 6.54 Å². The first-order chi connectivity index (χ1) is 16.3. The molecule has 1 fully saturated rings. The van der Waals surface area contributed by atoms with Crippen LogP contribution in [0.15, 0.2) is 65.2 Å². The van der Waals surface area contributed by atoms with Crippen molar-refractivity contribution < 1.29 is 4.42 Å². The maximum Gasteiger partial charge on any atom is 0.177 e. The number of nitrogens with two attached hydrogens (primary N) is 1. The second-order valence-corrected chi connectivity index (χ2v) is 8.82. The molecule has 0 unspecified atom stereocenters. The molecule has 0 radical (unpaired) electrons. The number of anilines is 2. The molecule has 1 saturated carbocycles. The van der Waals surface area contributed by atoms with Crippen LogP contribution in [-0.4, -0.2) is 29.6 Å². The van der Waals surface area contributed by atoms with Gasteiger partial charge in [-0.05, 0) is 79.3 Å². The zero-order valence-electron chi connectivity index (χ0n) is 18.5. The highest BCUT2D eigenvalue weighted by atomic mass is 16.3.